The molecule has 4 atom stereocenters. The van der Waals surface area contributed by atoms with Gasteiger partial charge in [0, 0.05) is 25.0 Å². The van der Waals surface area contributed by atoms with Crippen LogP contribution >= 0.6 is 0 Å². The number of carbonyl (C=O) groups is 1. The van der Waals surface area contributed by atoms with E-state index in [0.29, 0.717) is 5.92 Å². The fourth-order valence-electron chi connectivity index (χ4n) is 3.98. The van der Waals surface area contributed by atoms with Crippen molar-refractivity contribution in [3.05, 3.63) is 0 Å². The monoisotopic (exact) mass is 296 g/mol. The first-order valence-corrected chi connectivity index (χ1v) is 8.73. The molecule has 0 aromatic heterocycles. The molecule has 4 heteroatoms. The van der Waals surface area contributed by atoms with E-state index in [1.807, 2.05) is 6.92 Å². The van der Waals surface area contributed by atoms with Crippen LogP contribution in [0.3, 0.4) is 0 Å². The Morgan fingerprint density at radius 3 is 2.86 bits per heavy atom. The van der Waals surface area contributed by atoms with E-state index in [-0.39, 0.29) is 18.0 Å². The average Bonchev–Trinajstić information content (AvgIpc) is 2.45. The molecule has 1 amide bonds. The number of carbonyl (C=O) groups excluding carboxylic acids is 1. The van der Waals surface area contributed by atoms with Crippen molar-refractivity contribution in [3.63, 3.8) is 0 Å². The molecular weight excluding hydrogens is 264 g/mol. The molecule has 0 aromatic carbocycles. The highest BCUT2D eigenvalue weighted by atomic mass is 16.3. The van der Waals surface area contributed by atoms with Gasteiger partial charge in [0.05, 0.1) is 11.6 Å². The van der Waals surface area contributed by atoms with E-state index in [2.05, 4.69) is 24.1 Å². The smallest absolute Gasteiger partial charge is 0.237 e. The largest absolute Gasteiger partial charge is 0.390 e. The summed E-state index contributed by atoms with van der Waals surface area (Å²) < 4.78 is 0. The van der Waals surface area contributed by atoms with Crippen LogP contribution in [-0.4, -0.2) is 46.7 Å². The zero-order valence-corrected chi connectivity index (χ0v) is 13.9. The minimum absolute atomic E-state index is 0.0872. The van der Waals surface area contributed by atoms with Crippen LogP contribution in [0.1, 0.15) is 65.7 Å². The Kier molecular flexibility index (Phi) is 5.67. The molecule has 2 fully saturated rings. The molecular formula is C17H32N2O2. The second kappa shape index (κ2) is 7.10. The van der Waals surface area contributed by atoms with Gasteiger partial charge in [-0.3, -0.25) is 9.69 Å². The zero-order chi connectivity index (χ0) is 15.5. The quantitative estimate of drug-likeness (QED) is 0.818. The van der Waals surface area contributed by atoms with Crippen molar-refractivity contribution in [2.45, 2.75) is 83.4 Å². The third kappa shape index (κ3) is 3.98. The van der Waals surface area contributed by atoms with Crippen LogP contribution in [0.5, 0.6) is 0 Å². The van der Waals surface area contributed by atoms with Gasteiger partial charge in [0.2, 0.25) is 5.91 Å². The fraction of sp³-hybridized carbons (Fsp3) is 0.941. The summed E-state index contributed by atoms with van der Waals surface area (Å²) in [5.41, 5.74) is -0.458. The summed E-state index contributed by atoms with van der Waals surface area (Å²) in [6.07, 6.45) is 7.36. The molecule has 1 saturated heterocycles. The van der Waals surface area contributed by atoms with Gasteiger partial charge >= 0.3 is 0 Å². The standard InChI is InChI=1S/C17H32N2O2/c1-4-7-13(2)18-16(20)14(3)19-11-10-17(21)9-6-5-8-15(17)12-19/h13-15,21H,4-12H2,1-3H3,(H,18,20). The number of fused-ring (bicyclic) bond motifs is 1. The maximum atomic E-state index is 12.4. The van der Waals surface area contributed by atoms with Gasteiger partial charge in [0.25, 0.3) is 0 Å². The number of aliphatic hydroxyl groups is 1. The molecule has 4 unspecified atom stereocenters. The number of nitrogens with zero attached hydrogens (tertiary/aromatic N) is 1. The number of rotatable bonds is 5. The highest BCUT2D eigenvalue weighted by Crippen LogP contribution is 2.40. The highest BCUT2D eigenvalue weighted by Gasteiger charge is 2.44. The topological polar surface area (TPSA) is 52.6 Å². The SMILES string of the molecule is CCCC(C)NC(=O)C(C)N1CCC2(O)CCCCC2C1. The average molecular weight is 296 g/mol. The number of likely N-dealkylation sites (tertiary alicyclic amines) is 1. The predicted octanol–water partition coefficient (Wildman–Crippen LogP) is 2.31. The molecule has 4 nitrogen and oxygen atoms in total. The number of amides is 1. The Balaban J connectivity index is 1.88. The van der Waals surface area contributed by atoms with E-state index in [1.165, 1.54) is 6.42 Å². The van der Waals surface area contributed by atoms with Crippen molar-refractivity contribution in [1.82, 2.24) is 10.2 Å². The molecule has 1 heterocycles. The molecule has 1 aliphatic carbocycles. The molecule has 2 N–H and O–H groups in total. The first kappa shape index (κ1) is 16.8. The van der Waals surface area contributed by atoms with Crippen molar-refractivity contribution in [2.24, 2.45) is 5.92 Å². The van der Waals surface area contributed by atoms with Gasteiger partial charge in [-0.25, -0.2) is 0 Å². The second-order valence-corrected chi connectivity index (χ2v) is 7.17. The van der Waals surface area contributed by atoms with Crippen LogP contribution in [-0.2, 0) is 4.79 Å². The van der Waals surface area contributed by atoms with Gasteiger partial charge in [-0.05, 0) is 39.5 Å². The Labute approximate surface area is 129 Å². The van der Waals surface area contributed by atoms with Crippen molar-refractivity contribution in [1.29, 1.82) is 0 Å². The third-order valence-corrected chi connectivity index (χ3v) is 5.50. The molecule has 0 spiro atoms. The number of piperidine rings is 1. The molecule has 0 bridgehead atoms. The molecule has 1 saturated carbocycles. The first-order valence-electron chi connectivity index (χ1n) is 8.73. The lowest BCUT2D eigenvalue weighted by atomic mass is 9.71. The highest BCUT2D eigenvalue weighted by molar-refractivity contribution is 5.81. The Bertz CT molecular complexity index is 361. The summed E-state index contributed by atoms with van der Waals surface area (Å²) in [7, 11) is 0. The summed E-state index contributed by atoms with van der Waals surface area (Å²) in [6.45, 7) is 7.92. The van der Waals surface area contributed by atoms with Crippen LogP contribution in [0.4, 0.5) is 0 Å². The zero-order valence-electron chi connectivity index (χ0n) is 13.9. The summed E-state index contributed by atoms with van der Waals surface area (Å²) in [5.74, 6) is 0.487. The van der Waals surface area contributed by atoms with Crippen molar-refractivity contribution >= 4 is 5.91 Å². The molecule has 2 aliphatic rings. The summed E-state index contributed by atoms with van der Waals surface area (Å²) in [5, 5.41) is 13.8. The Morgan fingerprint density at radius 2 is 2.14 bits per heavy atom. The third-order valence-electron chi connectivity index (χ3n) is 5.50. The normalized spacial score (nSPS) is 33.0. The van der Waals surface area contributed by atoms with Crippen molar-refractivity contribution in [2.75, 3.05) is 13.1 Å². The van der Waals surface area contributed by atoms with Crippen LogP contribution in [0.25, 0.3) is 0 Å². The minimum atomic E-state index is -0.458. The van der Waals surface area contributed by atoms with E-state index >= 15 is 0 Å². The van der Waals surface area contributed by atoms with Gasteiger partial charge in [0.15, 0.2) is 0 Å². The van der Waals surface area contributed by atoms with Crippen LogP contribution in [0, 0.1) is 5.92 Å². The molecule has 2 rings (SSSR count). The van der Waals surface area contributed by atoms with Crippen LogP contribution in [0.2, 0.25) is 0 Å². The van der Waals surface area contributed by atoms with Gasteiger partial charge < -0.3 is 10.4 Å². The van der Waals surface area contributed by atoms with E-state index in [0.717, 1.165) is 51.6 Å². The van der Waals surface area contributed by atoms with Gasteiger partial charge in [0.1, 0.15) is 0 Å². The van der Waals surface area contributed by atoms with Crippen molar-refractivity contribution in [3.8, 4) is 0 Å². The van der Waals surface area contributed by atoms with E-state index in [1.54, 1.807) is 0 Å². The molecule has 1 aliphatic heterocycles. The second-order valence-electron chi connectivity index (χ2n) is 7.17. The van der Waals surface area contributed by atoms with Gasteiger partial charge in [-0.15, -0.1) is 0 Å². The van der Waals surface area contributed by atoms with Gasteiger partial charge in [-0.2, -0.15) is 0 Å². The molecule has 122 valence electrons. The molecule has 0 aromatic rings. The lowest BCUT2D eigenvalue weighted by molar-refractivity contribution is -0.134. The van der Waals surface area contributed by atoms with E-state index in [4.69, 9.17) is 0 Å². The predicted molar refractivity (Wildman–Crippen MR) is 85.1 cm³/mol. The van der Waals surface area contributed by atoms with Gasteiger partial charge in [-0.1, -0.05) is 26.2 Å². The summed E-state index contributed by atoms with van der Waals surface area (Å²) in [6, 6.07) is 0.164. The maximum Gasteiger partial charge on any atom is 0.237 e. The Morgan fingerprint density at radius 1 is 1.38 bits per heavy atom. The minimum Gasteiger partial charge on any atom is -0.390 e. The van der Waals surface area contributed by atoms with E-state index in [9.17, 15) is 9.90 Å². The molecule has 0 radical (unpaired) electrons. The lowest BCUT2D eigenvalue weighted by Crippen LogP contribution is -2.58. The lowest BCUT2D eigenvalue weighted by Gasteiger charge is -2.48. The first-order chi connectivity index (χ1) is 9.96. The number of hydrogen-bond acceptors (Lipinski definition) is 3. The fourth-order valence-corrected chi connectivity index (χ4v) is 3.98. The van der Waals surface area contributed by atoms with E-state index < -0.39 is 5.60 Å². The van der Waals surface area contributed by atoms with Crippen LogP contribution in [0.15, 0.2) is 0 Å². The summed E-state index contributed by atoms with van der Waals surface area (Å²) in [4.78, 5) is 14.6. The number of hydrogen-bond donors (Lipinski definition) is 2. The Hall–Kier alpha value is -0.610. The molecule has 21 heavy (non-hydrogen) atoms. The maximum absolute atomic E-state index is 12.4. The summed E-state index contributed by atoms with van der Waals surface area (Å²) >= 11 is 0. The van der Waals surface area contributed by atoms with Crippen LogP contribution < -0.4 is 5.32 Å². The number of nitrogens with one attached hydrogen (secondary N) is 1. The van der Waals surface area contributed by atoms with Crippen molar-refractivity contribution < 1.29 is 9.90 Å².